The molecule has 0 fully saturated rings. The molecule has 0 aliphatic rings. The van der Waals surface area contributed by atoms with Crippen molar-refractivity contribution in [3.8, 4) is 6.01 Å². The van der Waals surface area contributed by atoms with E-state index in [1.165, 1.54) is 0 Å². The highest BCUT2D eigenvalue weighted by molar-refractivity contribution is 5.67. The molecule has 5 nitrogen and oxygen atoms in total. The molecule has 0 saturated heterocycles. The minimum absolute atomic E-state index is 0.0807. The first-order chi connectivity index (χ1) is 7.13. The van der Waals surface area contributed by atoms with Crippen molar-refractivity contribution in [3.05, 3.63) is 18.0 Å². The molecule has 0 bridgehead atoms. The summed E-state index contributed by atoms with van der Waals surface area (Å²) in [5, 5.41) is 8.62. The third-order valence-electron chi connectivity index (χ3n) is 1.97. The maximum atomic E-state index is 10.5. The van der Waals surface area contributed by atoms with Gasteiger partial charge in [0.25, 0.3) is 0 Å². The monoisotopic (exact) mass is 210 g/mol. The average molecular weight is 210 g/mol. The maximum absolute atomic E-state index is 10.5. The van der Waals surface area contributed by atoms with Crippen LogP contribution >= 0.6 is 0 Å². The van der Waals surface area contributed by atoms with Crippen LogP contribution in [-0.4, -0.2) is 27.7 Å². The van der Waals surface area contributed by atoms with E-state index < -0.39 is 5.97 Å². The van der Waals surface area contributed by atoms with Gasteiger partial charge in [0.05, 0.1) is 13.0 Å². The van der Waals surface area contributed by atoms with E-state index in [9.17, 15) is 4.79 Å². The van der Waals surface area contributed by atoms with Crippen molar-refractivity contribution in [1.29, 1.82) is 0 Å². The van der Waals surface area contributed by atoms with Gasteiger partial charge in [0.15, 0.2) is 0 Å². The molecule has 0 saturated carbocycles. The summed E-state index contributed by atoms with van der Waals surface area (Å²) < 4.78 is 5.08. The van der Waals surface area contributed by atoms with Gasteiger partial charge in [-0.1, -0.05) is 6.92 Å². The second-order valence-electron chi connectivity index (χ2n) is 3.23. The number of carbonyl (C=O) groups is 1. The summed E-state index contributed by atoms with van der Waals surface area (Å²) in [6, 6.07) is 0.323. The van der Waals surface area contributed by atoms with Gasteiger partial charge in [-0.25, -0.2) is 9.97 Å². The zero-order chi connectivity index (χ0) is 11.3. The lowest BCUT2D eigenvalue weighted by atomic mass is 10.0. The third kappa shape index (κ3) is 3.53. The minimum atomic E-state index is -0.823. The highest BCUT2D eigenvalue weighted by atomic mass is 16.5. The summed E-state index contributed by atoms with van der Waals surface area (Å²) in [7, 11) is 0. The highest BCUT2D eigenvalue weighted by Gasteiger charge is 2.11. The Balaban J connectivity index is 2.66. The van der Waals surface area contributed by atoms with Crippen molar-refractivity contribution in [2.45, 2.75) is 26.2 Å². The fourth-order valence-corrected chi connectivity index (χ4v) is 1.16. The molecular formula is C10H14N2O3. The summed E-state index contributed by atoms with van der Waals surface area (Å²) in [6.45, 7) is 4.20. The van der Waals surface area contributed by atoms with E-state index >= 15 is 0 Å². The molecule has 0 amide bonds. The lowest BCUT2D eigenvalue weighted by Crippen LogP contribution is -2.04. The van der Waals surface area contributed by atoms with Crippen molar-refractivity contribution >= 4 is 5.97 Å². The van der Waals surface area contributed by atoms with Gasteiger partial charge in [-0.05, 0) is 18.4 Å². The van der Waals surface area contributed by atoms with Crippen LogP contribution in [0, 0.1) is 0 Å². The van der Waals surface area contributed by atoms with Crippen LogP contribution in [0.2, 0.25) is 0 Å². The van der Waals surface area contributed by atoms with Crippen molar-refractivity contribution in [3.63, 3.8) is 0 Å². The molecule has 0 aromatic carbocycles. The Labute approximate surface area is 88.1 Å². The summed E-state index contributed by atoms with van der Waals surface area (Å²) in [5.41, 5.74) is 0.806. The fraction of sp³-hybridized carbons (Fsp3) is 0.500. The lowest BCUT2D eigenvalue weighted by Gasteiger charge is -2.08. The molecule has 1 heterocycles. The lowest BCUT2D eigenvalue weighted by molar-refractivity contribution is -0.137. The second kappa shape index (κ2) is 5.29. The number of ether oxygens (including phenoxy) is 1. The van der Waals surface area contributed by atoms with Crippen LogP contribution in [0.3, 0.4) is 0 Å². The molecule has 1 aromatic rings. The van der Waals surface area contributed by atoms with Crippen molar-refractivity contribution in [1.82, 2.24) is 9.97 Å². The standard InChI is InChI=1S/C10H14N2O3/c1-3-15-10-11-5-8(6-12-10)7(2)4-9(13)14/h5-7H,3-4H2,1-2H3,(H,13,14). The van der Waals surface area contributed by atoms with Crippen molar-refractivity contribution < 1.29 is 14.6 Å². The van der Waals surface area contributed by atoms with Crippen LogP contribution in [0.15, 0.2) is 12.4 Å². The first-order valence-corrected chi connectivity index (χ1v) is 4.80. The van der Waals surface area contributed by atoms with E-state index in [0.717, 1.165) is 5.56 Å². The molecule has 1 aromatic heterocycles. The van der Waals surface area contributed by atoms with Gasteiger partial charge in [-0.3, -0.25) is 4.79 Å². The molecule has 82 valence electrons. The Morgan fingerprint density at radius 1 is 1.53 bits per heavy atom. The molecule has 1 atom stereocenters. The van der Waals surface area contributed by atoms with Gasteiger partial charge < -0.3 is 9.84 Å². The molecular weight excluding hydrogens is 196 g/mol. The van der Waals surface area contributed by atoms with E-state index in [-0.39, 0.29) is 12.3 Å². The number of nitrogens with zero attached hydrogens (tertiary/aromatic N) is 2. The van der Waals surface area contributed by atoms with Gasteiger partial charge >= 0.3 is 12.0 Å². The molecule has 5 heteroatoms. The van der Waals surface area contributed by atoms with E-state index in [1.807, 2.05) is 13.8 Å². The smallest absolute Gasteiger partial charge is 0.316 e. The molecule has 15 heavy (non-hydrogen) atoms. The SMILES string of the molecule is CCOc1ncc(C(C)CC(=O)O)cn1. The van der Waals surface area contributed by atoms with Gasteiger partial charge in [-0.2, -0.15) is 0 Å². The van der Waals surface area contributed by atoms with Crippen LogP contribution in [-0.2, 0) is 4.79 Å². The normalized spacial score (nSPS) is 12.1. The number of rotatable bonds is 5. The fourth-order valence-electron chi connectivity index (χ4n) is 1.16. The average Bonchev–Trinajstić information content (AvgIpc) is 2.18. The Morgan fingerprint density at radius 2 is 2.13 bits per heavy atom. The van der Waals surface area contributed by atoms with Crippen LogP contribution in [0.5, 0.6) is 6.01 Å². The van der Waals surface area contributed by atoms with E-state index in [2.05, 4.69) is 9.97 Å². The van der Waals surface area contributed by atoms with Crippen molar-refractivity contribution in [2.24, 2.45) is 0 Å². The third-order valence-corrected chi connectivity index (χ3v) is 1.97. The molecule has 0 radical (unpaired) electrons. The molecule has 1 unspecified atom stereocenters. The number of aliphatic carboxylic acids is 1. The predicted molar refractivity (Wildman–Crippen MR) is 53.9 cm³/mol. The Morgan fingerprint density at radius 3 is 2.60 bits per heavy atom. The van der Waals surface area contributed by atoms with Gasteiger partial charge in [0.1, 0.15) is 0 Å². The maximum Gasteiger partial charge on any atom is 0.316 e. The quantitative estimate of drug-likeness (QED) is 0.796. The number of aromatic nitrogens is 2. The molecule has 0 aliphatic carbocycles. The number of hydrogen-bond donors (Lipinski definition) is 1. The molecule has 0 spiro atoms. The van der Waals surface area contributed by atoms with E-state index in [1.54, 1.807) is 12.4 Å². The Hall–Kier alpha value is -1.65. The minimum Gasteiger partial charge on any atom is -0.481 e. The largest absolute Gasteiger partial charge is 0.481 e. The topological polar surface area (TPSA) is 72.3 Å². The predicted octanol–water partition coefficient (Wildman–Crippen LogP) is 1.45. The Kier molecular flexibility index (Phi) is 4.03. The van der Waals surface area contributed by atoms with Gasteiger partial charge in [-0.15, -0.1) is 0 Å². The van der Waals surface area contributed by atoms with E-state index in [4.69, 9.17) is 9.84 Å². The first kappa shape index (κ1) is 11.4. The van der Waals surface area contributed by atoms with Crippen molar-refractivity contribution in [2.75, 3.05) is 6.61 Å². The number of hydrogen-bond acceptors (Lipinski definition) is 4. The van der Waals surface area contributed by atoms with E-state index in [0.29, 0.717) is 12.6 Å². The van der Waals surface area contributed by atoms with Crippen LogP contribution < -0.4 is 4.74 Å². The molecule has 1 N–H and O–H groups in total. The summed E-state index contributed by atoms with van der Waals surface area (Å²) in [5.74, 6) is -0.908. The zero-order valence-corrected chi connectivity index (χ0v) is 8.80. The molecule has 0 aliphatic heterocycles. The summed E-state index contributed by atoms with van der Waals surface area (Å²) >= 11 is 0. The van der Waals surface area contributed by atoms with Crippen LogP contribution in [0.25, 0.3) is 0 Å². The zero-order valence-electron chi connectivity index (χ0n) is 8.80. The number of carboxylic acid groups (broad SMARTS) is 1. The van der Waals surface area contributed by atoms with Gasteiger partial charge in [0.2, 0.25) is 0 Å². The van der Waals surface area contributed by atoms with Crippen LogP contribution in [0.4, 0.5) is 0 Å². The molecule has 1 rings (SSSR count). The Bertz CT molecular complexity index is 324. The summed E-state index contributed by atoms with van der Waals surface area (Å²) in [6.07, 6.45) is 3.29. The van der Waals surface area contributed by atoms with Gasteiger partial charge in [0, 0.05) is 12.4 Å². The highest BCUT2D eigenvalue weighted by Crippen LogP contribution is 2.17. The second-order valence-corrected chi connectivity index (χ2v) is 3.23. The number of carboxylic acids is 1. The summed E-state index contributed by atoms with van der Waals surface area (Å²) in [4.78, 5) is 18.4. The van der Waals surface area contributed by atoms with Crippen LogP contribution in [0.1, 0.15) is 31.7 Å². The first-order valence-electron chi connectivity index (χ1n) is 4.80.